The second-order valence-corrected chi connectivity index (χ2v) is 6.45. The van der Waals surface area contributed by atoms with Crippen LogP contribution in [0.3, 0.4) is 0 Å². The van der Waals surface area contributed by atoms with E-state index in [0.717, 1.165) is 31.5 Å². The van der Waals surface area contributed by atoms with Crippen LogP contribution in [0.25, 0.3) is 0 Å². The minimum atomic E-state index is -0.273. The van der Waals surface area contributed by atoms with E-state index < -0.39 is 0 Å². The first-order valence-electron chi connectivity index (χ1n) is 7.44. The molecule has 1 unspecified atom stereocenters. The Bertz CT molecular complexity index is 454. The number of nitrogens with one attached hydrogen (secondary N) is 1. The fourth-order valence-electron chi connectivity index (χ4n) is 2.62. The molecule has 21 heavy (non-hydrogen) atoms. The van der Waals surface area contributed by atoms with Crippen molar-refractivity contribution in [1.29, 1.82) is 0 Å². The Kier molecular flexibility index (Phi) is 5.94. The van der Waals surface area contributed by atoms with Gasteiger partial charge in [0.25, 0.3) is 0 Å². The number of benzene rings is 1. The van der Waals surface area contributed by atoms with Crippen molar-refractivity contribution < 1.29 is 9.90 Å². The maximum absolute atomic E-state index is 12.1. The summed E-state index contributed by atoms with van der Waals surface area (Å²) >= 11 is 1.71. The first-order chi connectivity index (χ1) is 10.1. The molecule has 0 spiro atoms. The van der Waals surface area contributed by atoms with Gasteiger partial charge in [0.1, 0.15) is 0 Å². The highest BCUT2D eigenvalue weighted by atomic mass is 32.2. The maximum atomic E-state index is 12.1. The number of carbonyl (C=O) groups excluding carboxylic acids is 1. The van der Waals surface area contributed by atoms with Gasteiger partial charge in [-0.2, -0.15) is 0 Å². The number of aliphatic hydroxyl groups is 1. The number of piperidine rings is 1. The van der Waals surface area contributed by atoms with Crippen molar-refractivity contribution in [1.82, 2.24) is 10.2 Å². The van der Waals surface area contributed by atoms with Crippen LogP contribution in [0, 0.1) is 5.92 Å². The number of carbonyl (C=O) groups is 1. The summed E-state index contributed by atoms with van der Waals surface area (Å²) in [6.07, 6.45) is 3.54. The van der Waals surface area contributed by atoms with Gasteiger partial charge < -0.3 is 15.3 Å². The van der Waals surface area contributed by atoms with E-state index in [2.05, 4.69) is 17.4 Å². The third-order valence-electron chi connectivity index (χ3n) is 4.11. The van der Waals surface area contributed by atoms with Crippen molar-refractivity contribution in [2.45, 2.75) is 37.3 Å². The quantitative estimate of drug-likeness (QED) is 0.841. The van der Waals surface area contributed by atoms with Crippen LogP contribution in [0.2, 0.25) is 0 Å². The summed E-state index contributed by atoms with van der Waals surface area (Å²) in [5.74, 6) is 0.327. The maximum Gasteiger partial charge on any atom is 0.317 e. The van der Waals surface area contributed by atoms with E-state index in [9.17, 15) is 9.90 Å². The number of thioether (sulfide) groups is 1. The van der Waals surface area contributed by atoms with E-state index in [0.29, 0.717) is 12.5 Å². The van der Waals surface area contributed by atoms with Gasteiger partial charge in [-0.05, 0) is 49.6 Å². The highest BCUT2D eigenvalue weighted by molar-refractivity contribution is 7.98. The molecular formula is C16H24N2O2S. The van der Waals surface area contributed by atoms with E-state index in [1.807, 2.05) is 30.2 Å². The van der Waals surface area contributed by atoms with E-state index in [1.165, 1.54) is 4.90 Å². The van der Waals surface area contributed by atoms with Gasteiger partial charge in [-0.1, -0.05) is 12.1 Å². The lowest BCUT2D eigenvalue weighted by molar-refractivity contribution is 0.0798. The molecule has 5 heteroatoms. The van der Waals surface area contributed by atoms with E-state index in [1.54, 1.807) is 11.8 Å². The molecule has 1 saturated heterocycles. The molecular weight excluding hydrogens is 284 g/mol. The van der Waals surface area contributed by atoms with Gasteiger partial charge in [0.2, 0.25) is 0 Å². The van der Waals surface area contributed by atoms with Gasteiger partial charge in [0, 0.05) is 24.5 Å². The molecule has 0 aliphatic carbocycles. The van der Waals surface area contributed by atoms with Crippen LogP contribution >= 0.6 is 11.8 Å². The number of hydrogen-bond acceptors (Lipinski definition) is 3. The molecule has 2 amide bonds. The zero-order chi connectivity index (χ0) is 15.2. The number of rotatable bonds is 4. The Hall–Kier alpha value is -1.20. The monoisotopic (exact) mass is 308 g/mol. The average Bonchev–Trinajstić information content (AvgIpc) is 2.53. The van der Waals surface area contributed by atoms with E-state index in [-0.39, 0.29) is 12.1 Å². The highest BCUT2D eigenvalue weighted by Gasteiger charge is 2.25. The Labute approximate surface area is 130 Å². The Morgan fingerprint density at radius 1 is 1.38 bits per heavy atom. The molecule has 0 radical (unpaired) electrons. The smallest absolute Gasteiger partial charge is 0.317 e. The molecule has 0 saturated carbocycles. The van der Waals surface area contributed by atoms with Crippen molar-refractivity contribution in [2.24, 2.45) is 5.92 Å². The second kappa shape index (κ2) is 7.71. The van der Waals surface area contributed by atoms with Crippen molar-refractivity contribution in [3.05, 3.63) is 29.8 Å². The van der Waals surface area contributed by atoms with E-state index in [4.69, 9.17) is 0 Å². The Balaban J connectivity index is 1.77. The topological polar surface area (TPSA) is 52.6 Å². The minimum Gasteiger partial charge on any atom is -0.393 e. The first-order valence-corrected chi connectivity index (χ1v) is 8.66. The number of hydrogen-bond donors (Lipinski definition) is 2. The molecule has 1 aliphatic heterocycles. The number of aliphatic hydroxyl groups excluding tert-OH is 1. The SMILES string of the molecule is CSc1ccc(CNC(=O)N2CCC(C(C)O)CC2)cc1. The van der Waals surface area contributed by atoms with Crippen molar-refractivity contribution >= 4 is 17.8 Å². The van der Waals surface area contributed by atoms with Gasteiger partial charge in [0.15, 0.2) is 0 Å². The molecule has 2 rings (SSSR count). The van der Waals surface area contributed by atoms with Crippen molar-refractivity contribution in [3.63, 3.8) is 0 Å². The van der Waals surface area contributed by atoms with Crippen LogP contribution in [0.1, 0.15) is 25.3 Å². The van der Waals surface area contributed by atoms with Crippen LogP contribution in [0.15, 0.2) is 29.2 Å². The predicted octanol–water partition coefficient (Wildman–Crippen LogP) is 2.71. The van der Waals surface area contributed by atoms with Crippen LogP contribution < -0.4 is 5.32 Å². The molecule has 0 aromatic heterocycles. The number of nitrogens with zero attached hydrogens (tertiary/aromatic N) is 1. The van der Waals surface area contributed by atoms with Crippen LogP contribution in [-0.4, -0.2) is 41.5 Å². The highest BCUT2D eigenvalue weighted by Crippen LogP contribution is 2.20. The van der Waals surface area contributed by atoms with Gasteiger partial charge in [-0.15, -0.1) is 11.8 Å². The zero-order valence-electron chi connectivity index (χ0n) is 12.7. The fraction of sp³-hybridized carbons (Fsp3) is 0.562. The molecule has 2 N–H and O–H groups in total. The molecule has 1 aliphatic rings. The normalized spacial score (nSPS) is 17.6. The predicted molar refractivity (Wildman–Crippen MR) is 86.4 cm³/mol. The summed E-state index contributed by atoms with van der Waals surface area (Å²) in [5.41, 5.74) is 1.11. The van der Waals surface area contributed by atoms with Gasteiger partial charge in [0.05, 0.1) is 6.10 Å². The molecule has 4 nitrogen and oxygen atoms in total. The molecule has 1 aromatic rings. The molecule has 1 heterocycles. The number of likely N-dealkylation sites (tertiary alicyclic amines) is 1. The largest absolute Gasteiger partial charge is 0.393 e. The van der Waals surface area contributed by atoms with Gasteiger partial charge in [-0.25, -0.2) is 4.79 Å². The molecule has 0 bridgehead atoms. The zero-order valence-corrected chi connectivity index (χ0v) is 13.5. The lowest BCUT2D eigenvalue weighted by Crippen LogP contribution is -2.45. The molecule has 116 valence electrons. The minimum absolute atomic E-state index is 0.00649. The number of amides is 2. The first kappa shape index (κ1) is 16.2. The third-order valence-corrected chi connectivity index (χ3v) is 4.86. The average molecular weight is 308 g/mol. The van der Waals surface area contributed by atoms with Crippen LogP contribution in [0.5, 0.6) is 0 Å². The third kappa shape index (κ3) is 4.64. The fourth-order valence-corrected chi connectivity index (χ4v) is 3.03. The lowest BCUT2D eigenvalue weighted by atomic mass is 9.92. The van der Waals surface area contributed by atoms with Crippen molar-refractivity contribution in [3.8, 4) is 0 Å². The van der Waals surface area contributed by atoms with Gasteiger partial charge >= 0.3 is 6.03 Å². The summed E-state index contributed by atoms with van der Waals surface area (Å²) in [4.78, 5) is 15.2. The summed E-state index contributed by atoms with van der Waals surface area (Å²) in [6.45, 7) is 3.85. The number of urea groups is 1. The Morgan fingerprint density at radius 2 is 2.00 bits per heavy atom. The second-order valence-electron chi connectivity index (χ2n) is 5.57. The van der Waals surface area contributed by atoms with Crippen molar-refractivity contribution in [2.75, 3.05) is 19.3 Å². The molecule has 1 fully saturated rings. The summed E-state index contributed by atoms with van der Waals surface area (Å²) < 4.78 is 0. The van der Waals surface area contributed by atoms with E-state index >= 15 is 0 Å². The van der Waals surface area contributed by atoms with Crippen LogP contribution in [0.4, 0.5) is 4.79 Å². The molecule has 1 aromatic carbocycles. The standard InChI is InChI=1S/C16H24N2O2S/c1-12(19)14-7-9-18(10-8-14)16(20)17-11-13-3-5-15(21-2)6-4-13/h3-6,12,14,19H,7-11H2,1-2H3,(H,17,20). The Morgan fingerprint density at radius 3 is 2.52 bits per heavy atom. The summed E-state index contributed by atoms with van der Waals surface area (Å²) in [7, 11) is 0. The summed E-state index contributed by atoms with van der Waals surface area (Å²) in [6, 6.07) is 8.23. The lowest BCUT2D eigenvalue weighted by Gasteiger charge is -2.33. The summed E-state index contributed by atoms with van der Waals surface area (Å²) in [5, 5.41) is 12.5. The van der Waals surface area contributed by atoms with Gasteiger partial charge in [-0.3, -0.25) is 0 Å². The van der Waals surface area contributed by atoms with Crippen LogP contribution in [-0.2, 0) is 6.54 Å². The molecule has 1 atom stereocenters.